The van der Waals surface area contributed by atoms with Crippen LogP contribution in [0.25, 0.3) is 0 Å². The van der Waals surface area contributed by atoms with Crippen molar-refractivity contribution in [3.05, 3.63) is 35.9 Å². The highest BCUT2D eigenvalue weighted by molar-refractivity contribution is 5.99. The van der Waals surface area contributed by atoms with Gasteiger partial charge in [0.25, 0.3) is 5.91 Å². The quantitative estimate of drug-likeness (QED) is 0.448. The topological polar surface area (TPSA) is 131 Å². The van der Waals surface area contributed by atoms with Crippen molar-refractivity contribution in [1.82, 2.24) is 10.2 Å². The van der Waals surface area contributed by atoms with Crippen LogP contribution in [0, 0.1) is 22.2 Å². The predicted octanol–water partition coefficient (Wildman–Crippen LogP) is 1.02. The summed E-state index contributed by atoms with van der Waals surface area (Å²) in [6.45, 7) is 7.17. The van der Waals surface area contributed by atoms with Gasteiger partial charge in [-0.25, -0.2) is 4.79 Å². The van der Waals surface area contributed by atoms with Gasteiger partial charge in [-0.2, -0.15) is 0 Å². The lowest BCUT2D eigenvalue weighted by atomic mass is 9.52. The summed E-state index contributed by atoms with van der Waals surface area (Å²) in [5.41, 5.74) is -5.81. The van der Waals surface area contributed by atoms with Crippen molar-refractivity contribution < 1.29 is 38.5 Å². The zero-order valence-corrected chi connectivity index (χ0v) is 21.2. The van der Waals surface area contributed by atoms with Crippen LogP contribution in [-0.2, 0) is 28.6 Å². The standard InChI is InChI=1S/C27H32N2O8/c1-24(2,3)26(34)11-17-25(12-18(30)35-17)23(33)37-22-27(25,26)19(36-21(32)16-7-5-4-6-8-16)20(31)29(22)14-15-9-10-28-13-15/h4-8,15,17,19,22,28,34H,9-14H2,1-3H3/t15-,17-,19-,22-,25-,26+,27?/m0/s1. The molecule has 37 heavy (non-hydrogen) atoms. The number of amides is 1. The van der Waals surface area contributed by atoms with Crippen LogP contribution in [0.2, 0.25) is 0 Å². The molecule has 7 atom stereocenters. The maximum Gasteiger partial charge on any atom is 0.338 e. The van der Waals surface area contributed by atoms with Crippen LogP contribution in [0.1, 0.15) is 50.4 Å². The summed E-state index contributed by atoms with van der Waals surface area (Å²) in [5.74, 6) is -2.49. The molecular weight excluding hydrogens is 480 g/mol. The van der Waals surface area contributed by atoms with Crippen LogP contribution in [0.15, 0.2) is 30.3 Å². The van der Waals surface area contributed by atoms with E-state index in [4.69, 9.17) is 14.2 Å². The Hall–Kier alpha value is -2.98. The van der Waals surface area contributed by atoms with Gasteiger partial charge in [0.2, 0.25) is 0 Å². The van der Waals surface area contributed by atoms with Crippen LogP contribution in [-0.4, -0.2) is 77.5 Å². The summed E-state index contributed by atoms with van der Waals surface area (Å²) >= 11 is 0. The Morgan fingerprint density at radius 3 is 2.57 bits per heavy atom. The second-order valence-corrected chi connectivity index (χ2v) is 12.1. The van der Waals surface area contributed by atoms with Crippen molar-refractivity contribution in [3.8, 4) is 0 Å². The number of carbonyl (C=O) groups is 4. The zero-order valence-electron chi connectivity index (χ0n) is 21.2. The molecule has 2 spiro atoms. The van der Waals surface area contributed by atoms with Crippen molar-refractivity contribution in [2.24, 2.45) is 22.2 Å². The van der Waals surface area contributed by atoms with E-state index in [1.165, 1.54) is 4.90 Å². The van der Waals surface area contributed by atoms with Crippen LogP contribution < -0.4 is 5.32 Å². The monoisotopic (exact) mass is 512 g/mol. The molecule has 10 nitrogen and oxygen atoms in total. The minimum Gasteiger partial charge on any atom is -0.461 e. The van der Waals surface area contributed by atoms with Gasteiger partial charge in [-0.1, -0.05) is 39.0 Å². The lowest BCUT2D eigenvalue weighted by molar-refractivity contribution is -0.212. The number of likely N-dealkylation sites (tertiary alicyclic amines) is 1. The van der Waals surface area contributed by atoms with E-state index >= 15 is 0 Å². The largest absolute Gasteiger partial charge is 0.461 e. The van der Waals surface area contributed by atoms with E-state index in [9.17, 15) is 24.3 Å². The van der Waals surface area contributed by atoms with Gasteiger partial charge in [-0.05, 0) is 43.0 Å². The fraction of sp³-hybridized carbons (Fsp3) is 0.630. The Bertz CT molecular complexity index is 1170. The maximum absolute atomic E-state index is 14.2. The molecule has 4 heterocycles. The fourth-order valence-electron chi connectivity index (χ4n) is 7.68. The molecule has 0 radical (unpaired) electrons. The van der Waals surface area contributed by atoms with Gasteiger partial charge in [-0.15, -0.1) is 0 Å². The first-order valence-corrected chi connectivity index (χ1v) is 12.9. The number of hydrogen-bond acceptors (Lipinski definition) is 9. The molecule has 1 aromatic carbocycles. The summed E-state index contributed by atoms with van der Waals surface area (Å²) in [5, 5.41) is 15.9. The maximum atomic E-state index is 14.2. The molecular formula is C27H32N2O8. The van der Waals surface area contributed by atoms with Gasteiger partial charge in [0.05, 0.1) is 17.6 Å². The minimum atomic E-state index is -1.75. The molecule has 1 unspecified atom stereocenters. The third-order valence-corrected chi connectivity index (χ3v) is 9.42. The second-order valence-electron chi connectivity index (χ2n) is 12.1. The van der Waals surface area contributed by atoms with Crippen molar-refractivity contribution in [3.63, 3.8) is 0 Å². The Labute approximate surface area is 214 Å². The number of rotatable bonds is 4. The molecule has 4 aliphatic heterocycles. The average molecular weight is 513 g/mol. The Morgan fingerprint density at radius 1 is 1.19 bits per heavy atom. The molecule has 4 saturated heterocycles. The molecule has 5 aliphatic rings. The van der Waals surface area contributed by atoms with Crippen LogP contribution in [0.4, 0.5) is 0 Å². The average Bonchev–Trinajstić information content (AvgIpc) is 3.60. The lowest BCUT2D eigenvalue weighted by Gasteiger charge is -2.51. The zero-order chi connectivity index (χ0) is 26.4. The highest BCUT2D eigenvalue weighted by atomic mass is 16.6. The number of ether oxygens (including phenoxy) is 3. The Kier molecular flexibility index (Phi) is 5.11. The molecule has 5 fully saturated rings. The van der Waals surface area contributed by atoms with Gasteiger partial charge in [0, 0.05) is 13.0 Å². The molecule has 198 valence electrons. The van der Waals surface area contributed by atoms with Crippen LogP contribution in [0.5, 0.6) is 0 Å². The van der Waals surface area contributed by atoms with E-state index in [-0.39, 0.29) is 30.9 Å². The van der Waals surface area contributed by atoms with E-state index in [0.29, 0.717) is 6.54 Å². The van der Waals surface area contributed by atoms with Gasteiger partial charge in [0.15, 0.2) is 12.3 Å². The molecule has 10 heteroatoms. The molecule has 1 aromatic rings. The lowest BCUT2D eigenvalue weighted by Crippen LogP contribution is -2.66. The Balaban J connectivity index is 1.55. The van der Waals surface area contributed by atoms with Crippen LogP contribution >= 0.6 is 0 Å². The van der Waals surface area contributed by atoms with Gasteiger partial charge in [0.1, 0.15) is 16.9 Å². The molecule has 0 aromatic heterocycles. The number of nitrogens with zero attached hydrogens (tertiary/aromatic N) is 1. The van der Waals surface area contributed by atoms with E-state index in [1.54, 1.807) is 30.3 Å². The summed E-state index contributed by atoms with van der Waals surface area (Å²) < 4.78 is 17.6. The van der Waals surface area contributed by atoms with Crippen molar-refractivity contribution in [2.45, 2.75) is 64.1 Å². The SMILES string of the molecule is CC(C)(C)[C@]1(O)C[C@@H]2OC(=O)C[C@@]23C(=O)O[C@@H]2N(C[C@H]4CCNC4)C(=O)[C@H](OC(=O)c4ccccc4)C213. The van der Waals surface area contributed by atoms with Crippen molar-refractivity contribution in [2.75, 3.05) is 19.6 Å². The predicted molar refractivity (Wildman–Crippen MR) is 127 cm³/mol. The van der Waals surface area contributed by atoms with Gasteiger partial charge >= 0.3 is 17.9 Å². The number of aliphatic hydroxyl groups is 1. The highest BCUT2D eigenvalue weighted by Crippen LogP contribution is 2.76. The molecule has 1 amide bonds. The van der Waals surface area contributed by atoms with E-state index in [2.05, 4.69) is 5.32 Å². The van der Waals surface area contributed by atoms with Gasteiger partial charge in [-0.3, -0.25) is 14.4 Å². The number of hydrogen-bond donors (Lipinski definition) is 2. The molecule has 1 saturated carbocycles. The first-order valence-electron chi connectivity index (χ1n) is 12.9. The third kappa shape index (κ3) is 2.88. The number of benzene rings is 1. The molecule has 6 rings (SSSR count). The summed E-state index contributed by atoms with van der Waals surface area (Å²) in [6.07, 6.45) is -3.35. The van der Waals surface area contributed by atoms with Gasteiger partial charge < -0.3 is 29.5 Å². The highest BCUT2D eigenvalue weighted by Gasteiger charge is 2.93. The number of nitrogens with one attached hydrogen (secondary N) is 1. The smallest absolute Gasteiger partial charge is 0.338 e. The summed E-state index contributed by atoms with van der Waals surface area (Å²) in [4.78, 5) is 55.4. The summed E-state index contributed by atoms with van der Waals surface area (Å²) in [6, 6.07) is 8.25. The number of carbonyl (C=O) groups excluding carboxylic acids is 4. The van der Waals surface area contributed by atoms with Crippen molar-refractivity contribution in [1.29, 1.82) is 0 Å². The normalized spacial score (nSPS) is 40.3. The fourth-order valence-corrected chi connectivity index (χ4v) is 7.68. The Morgan fingerprint density at radius 2 is 1.92 bits per heavy atom. The van der Waals surface area contributed by atoms with Crippen LogP contribution in [0.3, 0.4) is 0 Å². The number of esters is 3. The third-order valence-electron chi connectivity index (χ3n) is 9.42. The molecule has 2 N–H and O–H groups in total. The van der Waals surface area contributed by atoms with E-state index in [1.807, 2.05) is 20.8 Å². The molecule has 1 aliphatic carbocycles. The second kappa shape index (κ2) is 7.77. The molecule has 0 bridgehead atoms. The van der Waals surface area contributed by atoms with E-state index in [0.717, 1.165) is 13.0 Å². The first kappa shape index (κ1) is 24.4. The van der Waals surface area contributed by atoms with E-state index < -0.39 is 64.1 Å². The summed E-state index contributed by atoms with van der Waals surface area (Å²) in [7, 11) is 0. The minimum absolute atomic E-state index is 0.0701. The first-order chi connectivity index (χ1) is 17.5. The van der Waals surface area contributed by atoms with Crippen molar-refractivity contribution >= 4 is 23.8 Å².